The fraction of sp³-hybridized carbons (Fsp3) is 0.714. The summed E-state index contributed by atoms with van der Waals surface area (Å²) in [4.78, 5) is 73.5. The van der Waals surface area contributed by atoms with Gasteiger partial charge in [0, 0.05) is 25.9 Å². The van der Waals surface area contributed by atoms with Crippen LogP contribution in [0.5, 0.6) is 0 Å². The van der Waals surface area contributed by atoms with Gasteiger partial charge in [-0.15, -0.1) is 10.1 Å². The van der Waals surface area contributed by atoms with E-state index in [1.54, 1.807) is 6.92 Å². The molecule has 0 saturated carbocycles. The van der Waals surface area contributed by atoms with Crippen LogP contribution in [0, 0.1) is 5.41 Å². The molecule has 0 N–H and O–H groups in total. The average molecular weight is 459 g/mol. The van der Waals surface area contributed by atoms with Gasteiger partial charge in [-0.25, -0.2) is 4.79 Å². The number of carbonyl (C=O) groups excluding carboxylic acids is 6. The molecular formula is C21H34N2O9. The van der Waals surface area contributed by atoms with Crippen LogP contribution in [0.25, 0.3) is 0 Å². The highest BCUT2D eigenvalue weighted by Crippen LogP contribution is 2.18. The third-order valence-corrected chi connectivity index (χ3v) is 4.17. The molecule has 1 saturated heterocycles. The van der Waals surface area contributed by atoms with Gasteiger partial charge in [0.1, 0.15) is 0 Å². The molecule has 0 aromatic heterocycles. The molecule has 32 heavy (non-hydrogen) atoms. The van der Waals surface area contributed by atoms with Gasteiger partial charge in [-0.1, -0.05) is 27.7 Å². The van der Waals surface area contributed by atoms with Crippen molar-refractivity contribution in [2.24, 2.45) is 5.41 Å². The third-order valence-electron chi connectivity index (χ3n) is 4.17. The molecule has 1 unspecified atom stereocenters. The Morgan fingerprint density at radius 3 is 2.19 bits per heavy atom. The van der Waals surface area contributed by atoms with Crippen molar-refractivity contribution in [3.63, 3.8) is 0 Å². The highest BCUT2D eigenvalue weighted by Gasteiger charge is 2.30. The molecule has 1 heterocycles. The topological polar surface area (TPSA) is 137 Å². The van der Waals surface area contributed by atoms with Crippen molar-refractivity contribution in [2.75, 3.05) is 6.61 Å². The molecule has 0 aromatic rings. The van der Waals surface area contributed by atoms with Gasteiger partial charge >= 0.3 is 12.4 Å². The molecule has 0 radical (unpaired) electrons. The monoisotopic (exact) mass is 458 g/mol. The minimum atomic E-state index is -0.608. The minimum absolute atomic E-state index is 0.0567. The summed E-state index contributed by atoms with van der Waals surface area (Å²) < 4.78 is 5.63. The van der Waals surface area contributed by atoms with E-state index >= 15 is 0 Å². The van der Waals surface area contributed by atoms with E-state index in [0.717, 1.165) is 6.42 Å². The maximum Gasteiger partial charge on any atom is 0.333 e. The van der Waals surface area contributed by atoms with Gasteiger partial charge < -0.3 is 14.4 Å². The van der Waals surface area contributed by atoms with Crippen LogP contribution >= 0.6 is 0 Å². The Labute approximate surface area is 188 Å². The number of ether oxygens (including phenoxy) is 1. The first-order chi connectivity index (χ1) is 14.9. The van der Waals surface area contributed by atoms with E-state index in [1.165, 1.54) is 0 Å². The fourth-order valence-corrected chi connectivity index (χ4v) is 2.30. The molecular weight excluding hydrogens is 424 g/mol. The summed E-state index contributed by atoms with van der Waals surface area (Å²) in [5.41, 5.74) is 0.211. The molecule has 0 spiro atoms. The van der Waals surface area contributed by atoms with Crippen LogP contribution in [0.4, 0.5) is 0 Å². The zero-order chi connectivity index (χ0) is 24.7. The molecule has 0 bridgehead atoms. The normalized spacial score (nSPS) is 14.2. The number of imide groups is 2. The molecule has 1 aliphatic heterocycles. The summed E-state index contributed by atoms with van der Waals surface area (Å²) in [6.45, 7) is 10.8. The lowest BCUT2D eigenvalue weighted by molar-refractivity contribution is -0.197. The number of hydrogen-bond acceptors (Lipinski definition) is 9. The number of hydrogen-bond donors (Lipinski definition) is 0. The Kier molecular flexibility index (Phi) is 13.7. The molecule has 11 heteroatoms. The lowest BCUT2D eigenvalue weighted by Crippen LogP contribution is -2.32. The lowest BCUT2D eigenvalue weighted by Gasteiger charge is -2.20. The SMILES string of the molecule is CCCC(=O)N(C=O)OC(=O)CCC(C)OCCC(C)(C)C.O=CON1C(=O)CCC1=O. The van der Waals surface area contributed by atoms with Crippen molar-refractivity contribution in [1.29, 1.82) is 0 Å². The summed E-state index contributed by atoms with van der Waals surface area (Å²) in [5.74, 6) is -2.04. The van der Waals surface area contributed by atoms with Crippen molar-refractivity contribution in [3.05, 3.63) is 0 Å². The van der Waals surface area contributed by atoms with E-state index < -0.39 is 23.7 Å². The van der Waals surface area contributed by atoms with Crippen LogP contribution in [-0.2, 0) is 43.2 Å². The van der Waals surface area contributed by atoms with E-state index in [-0.39, 0.29) is 50.1 Å². The van der Waals surface area contributed by atoms with E-state index in [9.17, 15) is 28.8 Å². The van der Waals surface area contributed by atoms with Crippen LogP contribution in [0.3, 0.4) is 0 Å². The Balaban J connectivity index is 0.000000792. The van der Waals surface area contributed by atoms with Gasteiger partial charge in [0.15, 0.2) is 0 Å². The van der Waals surface area contributed by atoms with Crippen molar-refractivity contribution in [3.8, 4) is 0 Å². The molecule has 0 aromatic carbocycles. The van der Waals surface area contributed by atoms with Crippen LogP contribution in [-0.4, -0.2) is 59.4 Å². The van der Waals surface area contributed by atoms with Crippen LogP contribution in [0.2, 0.25) is 0 Å². The highest BCUT2D eigenvalue weighted by atomic mass is 16.7. The number of carbonyl (C=O) groups is 6. The number of amides is 4. The lowest BCUT2D eigenvalue weighted by atomic mass is 9.93. The predicted molar refractivity (Wildman–Crippen MR) is 111 cm³/mol. The molecule has 1 rings (SSSR count). The molecule has 1 aliphatic rings. The zero-order valence-electron chi connectivity index (χ0n) is 19.5. The van der Waals surface area contributed by atoms with Crippen molar-refractivity contribution < 1.29 is 43.2 Å². The minimum Gasteiger partial charge on any atom is -0.378 e. The maximum atomic E-state index is 11.6. The van der Waals surface area contributed by atoms with Gasteiger partial charge in [0.05, 0.1) is 12.5 Å². The van der Waals surface area contributed by atoms with Crippen LogP contribution in [0.1, 0.15) is 79.6 Å². The third kappa shape index (κ3) is 12.8. The van der Waals surface area contributed by atoms with Gasteiger partial charge in [0.2, 0.25) is 0 Å². The van der Waals surface area contributed by atoms with Gasteiger partial charge in [-0.05, 0) is 31.6 Å². The van der Waals surface area contributed by atoms with E-state index in [1.807, 2.05) is 6.92 Å². The van der Waals surface area contributed by atoms with E-state index in [4.69, 9.17) is 9.57 Å². The van der Waals surface area contributed by atoms with Crippen molar-refractivity contribution in [1.82, 2.24) is 10.1 Å². The van der Waals surface area contributed by atoms with Crippen molar-refractivity contribution in [2.45, 2.75) is 85.7 Å². The van der Waals surface area contributed by atoms with E-state index in [2.05, 4.69) is 25.6 Å². The second-order valence-electron chi connectivity index (χ2n) is 8.35. The molecule has 0 aliphatic carbocycles. The number of nitrogens with zero attached hydrogens (tertiary/aromatic N) is 2. The Bertz CT molecular complexity index is 642. The van der Waals surface area contributed by atoms with Gasteiger partial charge in [0.25, 0.3) is 24.1 Å². The molecule has 4 amide bonds. The van der Waals surface area contributed by atoms with Gasteiger partial charge in [-0.3, -0.25) is 24.0 Å². The first-order valence-corrected chi connectivity index (χ1v) is 10.5. The standard InChI is InChI=1S/C16H29NO5.C5H5NO4/c1-6-7-14(19)17(12-18)22-15(20)9-8-13(2)21-11-10-16(3,4)5;7-3-10-6-4(8)1-2-5(6)9/h12-13H,6-11H2,1-5H3;3H,1-2H2. The summed E-state index contributed by atoms with van der Waals surface area (Å²) in [7, 11) is 0. The first kappa shape index (κ1) is 29.2. The zero-order valence-corrected chi connectivity index (χ0v) is 19.5. The Morgan fingerprint density at radius 1 is 1.12 bits per heavy atom. The number of rotatable bonds is 11. The quantitative estimate of drug-likeness (QED) is 0.259. The van der Waals surface area contributed by atoms with Gasteiger partial charge in [-0.2, -0.15) is 0 Å². The summed E-state index contributed by atoms with van der Waals surface area (Å²) in [5, 5.41) is 0.948. The highest BCUT2D eigenvalue weighted by molar-refractivity contribution is 6.01. The summed E-state index contributed by atoms with van der Waals surface area (Å²) in [6.07, 6.45) is 2.67. The molecule has 1 fully saturated rings. The summed E-state index contributed by atoms with van der Waals surface area (Å²) >= 11 is 0. The van der Waals surface area contributed by atoms with E-state index in [0.29, 0.717) is 29.6 Å². The average Bonchev–Trinajstić information content (AvgIpc) is 3.02. The predicted octanol–water partition coefficient (Wildman–Crippen LogP) is 2.07. The maximum absolute atomic E-state index is 11.6. The number of hydroxylamine groups is 4. The molecule has 11 nitrogen and oxygen atoms in total. The Morgan fingerprint density at radius 2 is 1.72 bits per heavy atom. The first-order valence-electron chi connectivity index (χ1n) is 10.5. The van der Waals surface area contributed by atoms with Crippen LogP contribution < -0.4 is 0 Å². The molecule has 182 valence electrons. The van der Waals surface area contributed by atoms with Crippen LogP contribution in [0.15, 0.2) is 0 Å². The largest absolute Gasteiger partial charge is 0.378 e. The summed E-state index contributed by atoms with van der Waals surface area (Å²) in [6, 6.07) is 0. The second kappa shape index (κ2) is 15.1. The fourth-order valence-electron chi connectivity index (χ4n) is 2.30. The Hall–Kier alpha value is -2.82. The smallest absolute Gasteiger partial charge is 0.333 e. The molecule has 1 atom stereocenters. The van der Waals surface area contributed by atoms with Crippen molar-refractivity contribution >= 4 is 36.6 Å². The second-order valence-corrected chi connectivity index (χ2v) is 8.35.